The van der Waals surface area contributed by atoms with Crippen LogP contribution in [0.4, 0.5) is 0 Å². The van der Waals surface area contributed by atoms with Gasteiger partial charge in [-0.15, -0.1) is 0 Å². The van der Waals surface area contributed by atoms with E-state index in [9.17, 15) is 0 Å². The van der Waals surface area contributed by atoms with Gasteiger partial charge in [-0.3, -0.25) is 0 Å². The molecule has 0 radical (unpaired) electrons. The van der Waals surface area contributed by atoms with Crippen LogP contribution in [0.5, 0.6) is 0 Å². The van der Waals surface area contributed by atoms with Crippen LogP contribution in [-0.2, 0) is 4.74 Å². The fourth-order valence-corrected chi connectivity index (χ4v) is 3.10. The molecule has 0 aromatic carbocycles. The Hall–Kier alpha value is 0.310. The maximum atomic E-state index is 6.17. The number of thiol groups is 1. The molecule has 0 aromatic heterocycles. The zero-order chi connectivity index (χ0) is 12.9. The number of ether oxygens (including phenoxy) is 1. The molecule has 1 aliphatic carbocycles. The smallest absolute Gasteiger partial charge is 0.0575 e. The lowest BCUT2D eigenvalue weighted by Gasteiger charge is -2.37. The fourth-order valence-electron chi connectivity index (χ4n) is 2.56. The highest BCUT2D eigenvalue weighted by Crippen LogP contribution is 2.37. The molecular formula is C15H30OS. The fraction of sp³-hybridized carbons (Fsp3) is 1.00. The predicted molar refractivity (Wildman–Crippen MR) is 78.9 cm³/mol. The molecule has 0 amide bonds. The molecule has 1 nitrogen and oxygen atoms in total. The van der Waals surface area contributed by atoms with Gasteiger partial charge in [-0.05, 0) is 49.7 Å². The molecular weight excluding hydrogens is 228 g/mol. The van der Waals surface area contributed by atoms with Gasteiger partial charge in [0, 0.05) is 5.41 Å². The van der Waals surface area contributed by atoms with Gasteiger partial charge in [0.1, 0.15) is 0 Å². The van der Waals surface area contributed by atoms with Crippen LogP contribution >= 0.6 is 12.6 Å². The van der Waals surface area contributed by atoms with E-state index in [4.69, 9.17) is 4.74 Å². The maximum Gasteiger partial charge on any atom is 0.0575 e. The third-order valence-corrected chi connectivity index (χ3v) is 5.42. The van der Waals surface area contributed by atoms with E-state index in [0.29, 0.717) is 16.9 Å². The minimum absolute atomic E-state index is 0.302. The summed E-state index contributed by atoms with van der Waals surface area (Å²) >= 11 is 4.51. The zero-order valence-electron chi connectivity index (χ0n) is 12.1. The maximum absolute atomic E-state index is 6.17. The quantitative estimate of drug-likeness (QED) is 0.679. The average molecular weight is 258 g/mol. The van der Waals surface area contributed by atoms with Gasteiger partial charge in [0.05, 0.1) is 12.7 Å². The van der Waals surface area contributed by atoms with Gasteiger partial charge in [0.15, 0.2) is 0 Å². The Balaban J connectivity index is 2.36. The summed E-state index contributed by atoms with van der Waals surface area (Å²) in [6, 6.07) is 0. The molecule has 1 aliphatic rings. The summed E-state index contributed by atoms with van der Waals surface area (Å²) in [4.78, 5) is 0. The van der Waals surface area contributed by atoms with E-state index in [1.54, 1.807) is 0 Å². The molecule has 17 heavy (non-hydrogen) atoms. The van der Waals surface area contributed by atoms with Crippen LogP contribution in [0.2, 0.25) is 0 Å². The second-order valence-corrected chi connectivity index (χ2v) is 6.86. The van der Waals surface area contributed by atoms with Crippen molar-refractivity contribution >= 4 is 12.6 Å². The first-order chi connectivity index (χ1) is 7.97. The van der Waals surface area contributed by atoms with Crippen molar-refractivity contribution in [3.63, 3.8) is 0 Å². The molecule has 1 rings (SSSR count). The van der Waals surface area contributed by atoms with Crippen LogP contribution in [0, 0.1) is 10.8 Å². The van der Waals surface area contributed by atoms with Crippen molar-refractivity contribution in [2.45, 2.75) is 72.3 Å². The average Bonchev–Trinajstić information content (AvgIpc) is 2.33. The molecule has 1 saturated carbocycles. The lowest BCUT2D eigenvalue weighted by Crippen LogP contribution is -2.33. The van der Waals surface area contributed by atoms with Crippen LogP contribution in [0.3, 0.4) is 0 Å². The van der Waals surface area contributed by atoms with E-state index in [1.807, 2.05) is 0 Å². The van der Waals surface area contributed by atoms with E-state index >= 15 is 0 Å². The first kappa shape index (κ1) is 15.4. The molecule has 2 heteroatoms. The van der Waals surface area contributed by atoms with E-state index < -0.39 is 0 Å². The minimum atomic E-state index is 0.302. The summed E-state index contributed by atoms with van der Waals surface area (Å²) in [6.07, 6.45) is 7.94. The summed E-state index contributed by atoms with van der Waals surface area (Å²) < 4.78 is 6.17. The number of rotatable bonds is 6. The van der Waals surface area contributed by atoms with Crippen LogP contribution in [-0.4, -0.2) is 18.5 Å². The Labute approximate surface area is 113 Å². The van der Waals surface area contributed by atoms with E-state index in [-0.39, 0.29) is 0 Å². The number of hydrogen-bond donors (Lipinski definition) is 1. The summed E-state index contributed by atoms with van der Waals surface area (Å²) in [5.74, 6) is 0.943. The topological polar surface area (TPSA) is 9.23 Å². The molecule has 0 saturated heterocycles. The molecule has 0 bridgehead atoms. The summed E-state index contributed by atoms with van der Waals surface area (Å²) in [5.41, 5.74) is 0.839. The second kappa shape index (κ2) is 6.47. The van der Waals surface area contributed by atoms with Gasteiger partial charge in [-0.25, -0.2) is 0 Å². The minimum Gasteiger partial charge on any atom is -0.378 e. The van der Waals surface area contributed by atoms with Gasteiger partial charge in [-0.1, -0.05) is 27.7 Å². The molecule has 0 heterocycles. The van der Waals surface area contributed by atoms with Crippen LogP contribution in [0.1, 0.15) is 66.2 Å². The van der Waals surface area contributed by atoms with Crippen molar-refractivity contribution in [2.24, 2.45) is 10.8 Å². The van der Waals surface area contributed by atoms with Crippen molar-refractivity contribution in [3.05, 3.63) is 0 Å². The van der Waals surface area contributed by atoms with Crippen molar-refractivity contribution < 1.29 is 4.74 Å². The monoisotopic (exact) mass is 258 g/mol. The molecule has 0 atom stereocenters. The Morgan fingerprint density at radius 3 is 2.12 bits per heavy atom. The number of hydrogen-bond acceptors (Lipinski definition) is 2. The Kier molecular flexibility index (Phi) is 5.85. The first-order valence-corrected chi connectivity index (χ1v) is 7.83. The molecule has 0 aliphatic heterocycles. The van der Waals surface area contributed by atoms with E-state index in [2.05, 4.69) is 40.3 Å². The first-order valence-electron chi connectivity index (χ1n) is 7.19. The SMILES string of the molecule is CCC(CC)(CS)COC1CCC(C)(C)CC1. The molecule has 0 spiro atoms. The lowest BCUT2D eigenvalue weighted by atomic mass is 9.76. The molecule has 0 aromatic rings. The predicted octanol–water partition coefficient (Wildman–Crippen LogP) is 4.71. The molecule has 1 fully saturated rings. The largest absolute Gasteiger partial charge is 0.378 e. The Bertz CT molecular complexity index is 203. The lowest BCUT2D eigenvalue weighted by molar-refractivity contribution is -0.0359. The van der Waals surface area contributed by atoms with Crippen LogP contribution in [0.25, 0.3) is 0 Å². The normalized spacial score (nSPS) is 21.7. The van der Waals surface area contributed by atoms with E-state index in [0.717, 1.165) is 12.4 Å². The summed E-state index contributed by atoms with van der Waals surface area (Å²) in [7, 11) is 0. The highest BCUT2D eigenvalue weighted by Gasteiger charge is 2.30. The van der Waals surface area contributed by atoms with Gasteiger partial charge in [0.2, 0.25) is 0 Å². The van der Waals surface area contributed by atoms with Crippen molar-refractivity contribution in [3.8, 4) is 0 Å². The van der Waals surface area contributed by atoms with Crippen LogP contribution < -0.4 is 0 Å². The van der Waals surface area contributed by atoms with Gasteiger partial charge < -0.3 is 4.74 Å². The van der Waals surface area contributed by atoms with E-state index in [1.165, 1.54) is 38.5 Å². The third-order valence-electron chi connectivity index (χ3n) is 4.75. The van der Waals surface area contributed by atoms with Gasteiger partial charge in [0.25, 0.3) is 0 Å². The van der Waals surface area contributed by atoms with Gasteiger partial charge in [-0.2, -0.15) is 12.6 Å². The van der Waals surface area contributed by atoms with Crippen molar-refractivity contribution in [1.82, 2.24) is 0 Å². The summed E-state index contributed by atoms with van der Waals surface area (Å²) in [6.45, 7) is 10.2. The molecule has 102 valence electrons. The molecule has 0 N–H and O–H groups in total. The Morgan fingerprint density at radius 1 is 1.18 bits per heavy atom. The van der Waals surface area contributed by atoms with Crippen molar-refractivity contribution in [2.75, 3.05) is 12.4 Å². The van der Waals surface area contributed by atoms with Crippen molar-refractivity contribution in [1.29, 1.82) is 0 Å². The zero-order valence-corrected chi connectivity index (χ0v) is 13.0. The Morgan fingerprint density at radius 2 is 1.71 bits per heavy atom. The second-order valence-electron chi connectivity index (χ2n) is 6.54. The highest BCUT2D eigenvalue weighted by atomic mass is 32.1. The molecule has 0 unspecified atom stereocenters. The summed E-state index contributed by atoms with van der Waals surface area (Å²) in [5, 5.41) is 0. The highest BCUT2D eigenvalue weighted by molar-refractivity contribution is 7.80. The van der Waals surface area contributed by atoms with Crippen LogP contribution in [0.15, 0.2) is 0 Å². The van der Waals surface area contributed by atoms with Gasteiger partial charge >= 0.3 is 0 Å². The third kappa shape index (κ3) is 4.48. The standard InChI is InChI=1S/C15H30OS/c1-5-15(6-2,12-17)11-16-13-7-9-14(3,4)10-8-13/h13,17H,5-12H2,1-4H3.